The first-order valence-electron chi connectivity index (χ1n) is 3.71. The van der Waals surface area contributed by atoms with E-state index in [1.807, 2.05) is 0 Å². The Morgan fingerprint density at radius 1 is 1.00 bits per heavy atom. The minimum atomic E-state index is 0. The van der Waals surface area contributed by atoms with Gasteiger partial charge in [-0.3, -0.25) is 0 Å². The molecule has 0 aromatic heterocycles. The summed E-state index contributed by atoms with van der Waals surface area (Å²) < 4.78 is 0. The predicted molar refractivity (Wildman–Crippen MR) is 48.7 cm³/mol. The first-order chi connectivity index (χ1) is 3.91. The summed E-state index contributed by atoms with van der Waals surface area (Å²) in [4.78, 5) is 0. The van der Waals surface area contributed by atoms with Gasteiger partial charge < -0.3 is 0 Å². The SMILES string of the molecule is [CH2]CCCCCCC.[InH3]. The van der Waals surface area contributed by atoms with Crippen LogP contribution in [-0.2, 0) is 0 Å². The molecule has 0 saturated heterocycles. The van der Waals surface area contributed by atoms with Crippen LogP contribution in [0, 0.1) is 6.92 Å². The van der Waals surface area contributed by atoms with Crippen molar-refractivity contribution in [2.24, 2.45) is 0 Å². The molecule has 0 heterocycles. The molecule has 1 radical (unpaired) electrons. The van der Waals surface area contributed by atoms with Crippen molar-refractivity contribution in [2.75, 3.05) is 0 Å². The normalized spacial score (nSPS) is 8.67. The molecule has 9 heavy (non-hydrogen) atoms. The second-order valence-electron chi connectivity index (χ2n) is 2.27. The van der Waals surface area contributed by atoms with Crippen LogP contribution in [0.2, 0.25) is 0 Å². The van der Waals surface area contributed by atoms with E-state index in [4.69, 9.17) is 0 Å². The molecule has 0 aliphatic heterocycles. The van der Waals surface area contributed by atoms with Gasteiger partial charge in [0.25, 0.3) is 0 Å². The average molecular weight is 231 g/mol. The van der Waals surface area contributed by atoms with Crippen molar-refractivity contribution in [3.05, 3.63) is 6.92 Å². The summed E-state index contributed by atoms with van der Waals surface area (Å²) in [7, 11) is 0. The Morgan fingerprint density at radius 2 is 1.56 bits per heavy atom. The fraction of sp³-hybridized carbons (Fsp3) is 0.875. The van der Waals surface area contributed by atoms with Gasteiger partial charge >= 0.3 is 25.8 Å². The summed E-state index contributed by atoms with van der Waals surface area (Å²) in [5.41, 5.74) is 0. The topological polar surface area (TPSA) is 0 Å². The van der Waals surface area contributed by atoms with E-state index >= 15 is 0 Å². The molecular weight excluding hydrogens is 211 g/mol. The summed E-state index contributed by atoms with van der Waals surface area (Å²) in [5.74, 6) is 0. The summed E-state index contributed by atoms with van der Waals surface area (Å²) in [6.07, 6.45) is 7.98. The predicted octanol–water partition coefficient (Wildman–Crippen LogP) is 2.00. The van der Waals surface area contributed by atoms with Gasteiger partial charge in [0.1, 0.15) is 0 Å². The Kier molecular flexibility index (Phi) is 16.2. The number of rotatable bonds is 5. The third-order valence-electron chi connectivity index (χ3n) is 1.35. The fourth-order valence-corrected chi connectivity index (χ4v) is 0.780. The summed E-state index contributed by atoms with van der Waals surface area (Å²) in [5, 5.41) is 0. The third-order valence-corrected chi connectivity index (χ3v) is 1.35. The fourth-order valence-electron chi connectivity index (χ4n) is 0.780. The second-order valence-corrected chi connectivity index (χ2v) is 2.27. The Morgan fingerprint density at radius 3 is 2.00 bits per heavy atom. The van der Waals surface area contributed by atoms with Gasteiger partial charge in [-0.1, -0.05) is 52.4 Å². The molecule has 0 atom stereocenters. The first-order valence-corrected chi connectivity index (χ1v) is 3.71. The van der Waals surface area contributed by atoms with Crippen molar-refractivity contribution in [3.8, 4) is 0 Å². The Labute approximate surface area is 78.2 Å². The number of hydrogen-bond donors (Lipinski definition) is 0. The Bertz CT molecular complexity index is 29.5. The van der Waals surface area contributed by atoms with Crippen molar-refractivity contribution in [1.82, 2.24) is 0 Å². The minimum absolute atomic E-state index is 0. The quantitative estimate of drug-likeness (QED) is 0.635. The van der Waals surface area contributed by atoms with Crippen LogP contribution in [0.1, 0.15) is 45.4 Å². The number of unbranched alkanes of at least 4 members (excludes halogenated alkanes) is 5. The maximum absolute atomic E-state index is 3.78. The van der Waals surface area contributed by atoms with Gasteiger partial charge in [-0.25, -0.2) is 0 Å². The average Bonchev–Trinajstić information content (AvgIpc) is 1.81. The van der Waals surface area contributed by atoms with Gasteiger partial charge in [0.2, 0.25) is 0 Å². The second kappa shape index (κ2) is 11.6. The van der Waals surface area contributed by atoms with Crippen molar-refractivity contribution < 1.29 is 0 Å². The standard InChI is InChI=1S/C8H17.In.3H/c1-3-5-7-8-6-4-2;;;;/h1,3-8H2,2H3;;;;. The van der Waals surface area contributed by atoms with Crippen molar-refractivity contribution in [1.29, 1.82) is 0 Å². The van der Waals surface area contributed by atoms with E-state index in [1.54, 1.807) is 0 Å². The third kappa shape index (κ3) is 12.1. The molecule has 0 aromatic carbocycles. The first kappa shape index (κ1) is 12.5. The number of hydrogen-bond acceptors (Lipinski definition) is 0. The molecule has 0 aliphatic carbocycles. The van der Waals surface area contributed by atoms with Crippen LogP contribution in [0.3, 0.4) is 0 Å². The van der Waals surface area contributed by atoms with E-state index in [1.165, 1.54) is 32.1 Å². The zero-order chi connectivity index (χ0) is 6.24. The van der Waals surface area contributed by atoms with Gasteiger partial charge in [0, 0.05) is 0 Å². The van der Waals surface area contributed by atoms with Crippen LogP contribution >= 0.6 is 0 Å². The van der Waals surface area contributed by atoms with E-state index in [0.717, 1.165) is 6.42 Å². The Hall–Kier alpha value is 0.870. The Balaban J connectivity index is 0. The van der Waals surface area contributed by atoms with Crippen molar-refractivity contribution >= 4 is 25.8 Å². The zero-order valence-corrected chi connectivity index (χ0v) is 5.95. The molecule has 0 spiro atoms. The molecule has 0 unspecified atom stereocenters. The van der Waals surface area contributed by atoms with E-state index in [-0.39, 0.29) is 25.8 Å². The molecule has 0 amide bonds. The monoisotopic (exact) mass is 231 g/mol. The van der Waals surface area contributed by atoms with Crippen molar-refractivity contribution in [3.63, 3.8) is 0 Å². The molecular formula is C8H20In. The van der Waals surface area contributed by atoms with E-state index in [0.29, 0.717) is 0 Å². The molecule has 0 nitrogen and oxygen atoms in total. The molecule has 55 valence electrons. The van der Waals surface area contributed by atoms with Crippen LogP contribution in [0.25, 0.3) is 0 Å². The molecule has 0 bridgehead atoms. The summed E-state index contributed by atoms with van der Waals surface area (Å²) in [6, 6.07) is 0. The molecule has 0 N–H and O–H groups in total. The summed E-state index contributed by atoms with van der Waals surface area (Å²) in [6.45, 7) is 6.02. The van der Waals surface area contributed by atoms with E-state index in [2.05, 4.69) is 13.8 Å². The van der Waals surface area contributed by atoms with E-state index in [9.17, 15) is 0 Å². The van der Waals surface area contributed by atoms with Gasteiger partial charge in [0.05, 0.1) is 0 Å². The van der Waals surface area contributed by atoms with Crippen molar-refractivity contribution in [2.45, 2.75) is 45.4 Å². The van der Waals surface area contributed by atoms with Gasteiger partial charge in [0.15, 0.2) is 0 Å². The molecule has 1 heteroatoms. The van der Waals surface area contributed by atoms with Crippen LogP contribution in [0.4, 0.5) is 0 Å². The van der Waals surface area contributed by atoms with Gasteiger partial charge in [-0.05, 0) is 0 Å². The zero-order valence-electron chi connectivity index (χ0n) is 5.95. The van der Waals surface area contributed by atoms with Crippen LogP contribution in [-0.4, -0.2) is 25.8 Å². The summed E-state index contributed by atoms with van der Waals surface area (Å²) >= 11 is 0. The van der Waals surface area contributed by atoms with Gasteiger partial charge in [-0.2, -0.15) is 0 Å². The van der Waals surface area contributed by atoms with Gasteiger partial charge in [-0.15, -0.1) is 0 Å². The molecule has 0 saturated carbocycles. The molecule has 0 rings (SSSR count). The van der Waals surface area contributed by atoms with Crippen LogP contribution in [0.5, 0.6) is 0 Å². The van der Waals surface area contributed by atoms with Crippen LogP contribution in [0.15, 0.2) is 0 Å². The molecule has 0 aliphatic rings. The molecule has 0 fully saturated rings. The molecule has 0 aromatic rings. The maximum atomic E-state index is 3.78. The van der Waals surface area contributed by atoms with E-state index < -0.39 is 0 Å². The van der Waals surface area contributed by atoms with Crippen LogP contribution < -0.4 is 0 Å².